The molecule has 2 heteroatoms. The Kier molecular flexibility index (Phi) is 3.35. The van der Waals surface area contributed by atoms with Crippen molar-refractivity contribution in [1.29, 1.82) is 0 Å². The van der Waals surface area contributed by atoms with Crippen LogP contribution in [0.3, 0.4) is 0 Å². The van der Waals surface area contributed by atoms with E-state index in [0.29, 0.717) is 0 Å². The number of nitrogens with zero attached hydrogens (tertiary/aromatic N) is 1. The van der Waals surface area contributed by atoms with Gasteiger partial charge in [-0.05, 0) is 42.5 Å². The van der Waals surface area contributed by atoms with Crippen LogP contribution < -0.4 is 5.73 Å². The van der Waals surface area contributed by atoms with Gasteiger partial charge in [-0.1, -0.05) is 55.1 Å². The maximum Gasteiger partial charge on any atom is 0.0491 e. The Morgan fingerprint density at radius 3 is 2.43 bits per heavy atom. The summed E-state index contributed by atoms with van der Waals surface area (Å²) in [5.41, 5.74) is 11.6. The molecule has 116 valence electrons. The molecule has 0 spiro atoms. The van der Waals surface area contributed by atoms with Crippen molar-refractivity contribution in [3.8, 4) is 0 Å². The first-order valence-electron chi connectivity index (χ1n) is 8.25. The number of hydrogen-bond donors (Lipinski definition) is 1. The Morgan fingerprint density at radius 2 is 1.74 bits per heavy atom. The fourth-order valence-corrected chi connectivity index (χ4v) is 3.44. The van der Waals surface area contributed by atoms with Crippen LogP contribution >= 0.6 is 0 Å². The highest BCUT2D eigenvalue weighted by molar-refractivity contribution is 5.88. The van der Waals surface area contributed by atoms with Crippen LogP contribution in [0.4, 0.5) is 0 Å². The molecule has 2 nitrogen and oxygen atoms in total. The van der Waals surface area contributed by atoms with Gasteiger partial charge in [0.1, 0.15) is 0 Å². The van der Waals surface area contributed by atoms with E-state index in [-0.39, 0.29) is 5.54 Å². The van der Waals surface area contributed by atoms with Crippen molar-refractivity contribution < 1.29 is 0 Å². The van der Waals surface area contributed by atoms with Crippen LogP contribution in [0.2, 0.25) is 0 Å². The van der Waals surface area contributed by atoms with Crippen molar-refractivity contribution >= 4 is 17.0 Å². The monoisotopic (exact) mass is 302 g/mol. The van der Waals surface area contributed by atoms with Crippen LogP contribution in [-0.4, -0.2) is 10.1 Å². The standard InChI is InChI=1S/C21H22N2/c1-2-19-18(14-21(22)12-13-21)17-10-6-7-11-20(17)23(19)15-16-8-4-3-5-9-16/h2-11H,1,12-15,22H2. The van der Waals surface area contributed by atoms with Gasteiger partial charge in [-0.15, -0.1) is 0 Å². The minimum Gasteiger partial charge on any atom is -0.336 e. The predicted molar refractivity (Wildman–Crippen MR) is 97.4 cm³/mol. The third-order valence-electron chi connectivity index (χ3n) is 4.92. The van der Waals surface area contributed by atoms with Gasteiger partial charge >= 0.3 is 0 Å². The van der Waals surface area contributed by atoms with E-state index < -0.39 is 0 Å². The molecular weight excluding hydrogens is 280 g/mol. The maximum atomic E-state index is 6.41. The van der Waals surface area contributed by atoms with Gasteiger partial charge in [-0.25, -0.2) is 0 Å². The molecule has 0 bridgehead atoms. The quantitative estimate of drug-likeness (QED) is 0.745. The smallest absolute Gasteiger partial charge is 0.0491 e. The molecular formula is C21H22N2. The van der Waals surface area contributed by atoms with E-state index in [2.05, 4.69) is 65.7 Å². The molecule has 0 aliphatic heterocycles. The third kappa shape index (κ3) is 2.60. The Morgan fingerprint density at radius 1 is 1.04 bits per heavy atom. The SMILES string of the molecule is C=Cc1c(CC2(N)CC2)c2ccccc2n1Cc1ccccc1. The molecule has 0 saturated heterocycles. The molecule has 1 saturated carbocycles. The van der Waals surface area contributed by atoms with E-state index in [9.17, 15) is 0 Å². The highest BCUT2D eigenvalue weighted by Crippen LogP contribution is 2.39. The summed E-state index contributed by atoms with van der Waals surface area (Å²) in [6, 6.07) is 19.2. The van der Waals surface area contributed by atoms with Crippen LogP contribution in [0.5, 0.6) is 0 Å². The van der Waals surface area contributed by atoms with Gasteiger partial charge in [0.2, 0.25) is 0 Å². The summed E-state index contributed by atoms with van der Waals surface area (Å²) in [4.78, 5) is 0. The van der Waals surface area contributed by atoms with Crippen LogP contribution in [0.15, 0.2) is 61.2 Å². The topological polar surface area (TPSA) is 30.9 Å². The Balaban J connectivity index is 1.87. The lowest BCUT2D eigenvalue weighted by molar-refractivity contribution is 0.670. The maximum absolute atomic E-state index is 6.41. The van der Waals surface area contributed by atoms with Gasteiger partial charge in [-0.3, -0.25) is 0 Å². The molecule has 1 aromatic heterocycles. The zero-order valence-corrected chi connectivity index (χ0v) is 13.3. The van der Waals surface area contributed by atoms with Crippen molar-refractivity contribution in [2.24, 2.45) is 5.73 Å². The number of fused-ring (bicyclic) bond motifs is 1. The number of rotatable bonds is 5. The van der Waals surface area contributed by atoms with Crippen molar-refractivity contribution in [1.82, 2.24) is 4.57 Å². The Hall–Kier alpha value is -2.32. The van der Waals surface area contributed by atoms with Gasteiger partial charge < -0.3 is 10.3 Å². The second kappa shape index (κ2) is 5.39. The summed E-state index contributed by atoms with van der Waals surface area (Å²) in [7, 11) is 0. The van der Waals surface area contributed by atoms with Crippen LogP contribution in [0.1, 0.15) is 29.7 Å². The lowest BCUT2D eigenvalue weighted by Crippen LogP contribution is -2.24. The predicted octanol–water partition coefficient (Wildman–Crippen LogP) is 4.37. The molecule has 0 amide bonds. The summed E-state index contributed by atoms with van der Waals surface area (Å²) in [5, 5.41) is 1.31. The van der Waals surface area contributed by atoms with Crippen molar-refractivity contribution in [2.75, 3.05) is 0 Å². The first kappa shape index (κ1) is 14.3. The largest absolute Gasteiger partial charge is 0.336 e. The molecule has 4 rings (SSSR count). The third-order valence-corrected chi connectivity index (χ3v) is 4.92. The molecule has 1 fully saturated rings. The Labute approximate surface area is 137 Å². The molecule has 23 heavy (non-hydrogen) atoms. The number of aromatic nitrogens is 1. The average Bonchev–Trinajstić information content (AvgIpc) is 3.24. The summed E-state index contributed by atoms with van der Waals surface area (Å²) in [6.07, 6.45) is 5.18. The van der Waals surface area contributed by atoms with E-state index >= 15 is 0 Å². The molecule has 2 aromatic carbocycles. The van der Waals surface area contributed by atoms with Crippen LogP contribution in [0, 0.1) is 0 Å². The minimum absolute atomic E-state index is 0.000534. The van der Waals surface area contributed by atoms with Crippen LogP contribution in [-0.2, 0) is 13.0 Å². The normalized spacial score (nSPS) is 15.7. The van der Waals surface area contributed by atoms with Gasteiger partial charge in [0.05, 0.1) is 0 Å². The second-order valence-corrected chi connectivity index (χ2v) is 6.70. The minimum atomic E-state index is -0.000534. The number of benzene rings is 2. The van der Waals surface area contributed by atoms with E-state index in [1.807, 2.05) is 6.08 Å². The number of para-hydroxylation sites is 1. The summed E-state index contributed by atoms with van der Waals surface area (Å²) in [6.45, 7) is 4.94. The van der Waals surface area contributed by atoms with Gasteiger partial charge in [-0.2, -0.15) is 0 Å². The summed E-state index contributed by atoms with van der Waals surface area (Å²) in [5.74, 6) is 0. The highest BCUT2D eigenvalue weighted by Gasteiger charge is 2.39. The van der Waals surface area contributed by atoms with E-state index in [1.54, 1.807) is 0 Å². The van der Waals surface area contributed by atoms with Crippen molar-refractivity contribution in [3.05, 3.63) is 78.0 Å². The molecule has 2 N–H and O–H groups in total. The molecule has 0 unspecified atom stereocenters. The first-order chi connectivity index (χ1) is 11.2. The van der Waals surface area contributed by atoms with E-state index in [4.69, 9.17) is 5.73 Å². The van der Waals surface area contributed by atoms with Gasteiger partial charge in [0.25, 0.3) is 0 Å². The van der Waals surface area contributed by atoms with Gasteiger partial charge in [0.15, 0.2) is 0 Å². The number of hydrogen-bond acceptors (Lipinski definition) is 1. The molecule has 0 atom stereocenters. The lowest BCUT2D eigenvalue weighted by Gasteiger charge is -2.11. The summed E-state index contributed by atoms with van der Waals surface area (Å²) >= 11 is 0. The molecule has 1 heterocycles. The number of nitrogens with two attached hydrogens (primary N) is 1. The molecule has 0 radical (unpaired) electrons. The Bertz CT molecular complexity index is 854. The lowest BCUT2D eigenvalue weighted by atomic mass is 10.0. The highest BCUT2D eigenvalue weighted by atomic mass is 15.0. The molecule has 3 aromatic rings. The summed E-state index contributed by atoms with van der Waals surface area (Å²) < 4.78 is 2.37. The fourth-order valence-electron chi connectivity index (χ4n) is 3.44. The fraction of sp³-hybridized carbons (Fsp3) is 0.238. The molecule has 1 aliphatic rings. The van der Waals surface area contributed by atoms with E-state index in [1.165, 1.54) is 27.7 Å². The van der Waals surface area contributed by atoms with Crippen molar-refractivity contribution in [2.45, 2.75) is 31.3 Å². The van der Waals surface area contributed by atoms with E-state index in [0.717, 1.165) is 25.8 Å². The van der Waals surface area contributed by atoms with Crippen molar-refractivity contribution in [3.63, 3.8) is 0 Å². The average molecular weight is 302 g/mol. The zero-order valence-electron chi connectivity index (χ0n) is 13.3. The van der Waals surface area contributed by atoms with Gasteiger partial charge in [0, 0.05) is 28.7 Å². The second-order valence-electron chi connectivity index (χ2n) is 6.70. The van der Waals surface area contributed by atoms with Crippen LogP contribution in [0.25, 0.3) is 17.0 Å². The molecule has 1 aliphatic carbocycles. The zero-order chi connectivity index (χ0) is 15.9. The first-order valence-corrected chi connectivity index (χ1v) is 8.25.